The summed E-state index contributed by atoms with van der Waals surface area (Å²) in [4.78, 5) is 0. The Morgan fingerprint density at radius 1 is 1.58 bits per heavy atom. The van der Waals surface area contributed by atoms with Crippen LogP contribution in [0.2, 0.25) is 0 Å². The van der Waals surface area contributed by atoms with Gasteiger partial charge in [-0.05, 0) is 39.2 Å². The van der Waals surface area contributed by atoms with E-state index in [1.54, 1.807) is 0 Å². The van der Waals surface area contributed by atoms with Gasteiger partial charge in [-0.3, -0.25) is 0 Å². The molecular weight excluding hydrogens is 154 g/mol. The van der Waals surface area contributed by atoms with Crippen LogP contribution < -0.4 is 5.73 Å². The highest BCUT2D eigenvalue weighted by Crippen LogP contribution is 2.15. The van der Waals surface area contributed by atoms with Crippen molar-refractivity contribution in [2.24, 2.45) is 5.73 Å². The van der Waals surface area contributed by atoms with Gasteiger partial charge in [0, 0.05) is 6.61 Å². The zero-order valence-corrected chi connectivity index (χ0v) is 7.79. The molecule has 3 heteroatoms. The Morgan fingerprint density at radius 3 is 3.00 bits per heavy atom. The maximum absolute atomic E-state index is 5.63. The van der Waals surface area contributed by atoms with Crippen molar-refractivity contribution < 1.29 is 9.47 Å². The normalized spacial score (nSPS) is 27.0. The minimum absolute atomic E-state index is 0.0281. The van der Waals surface area contributed by atoms with Crippen molar-refractivity contribution >= 4 is 0 Å². The fourth-order valence-corrected chi connectivity index (χ4v) is 1.38. The van der Waals surface area contributed by atoms with E-state index >= 15 is 0 Å². The van der Waals surface area contributed by atoms with Crippen molar-refractivity contribution in [1.29, 1.82) is 0 Å². The molecule has 0 aromatic carbocycles. The number of nitrogens with two attached hydrogens (primary N) is 1. The van der Waals surface area contributed by atoms with Crippen LogP contribution in [0.3, 0.4) is 0 Å². The molecule has 1 rings (SSSR count). The van der Waals surface area contributed by atoms with Gasteiger partial charge in [0.2, 0.25) is 0 Å². The molecule has 0 amide bonds. The van der Waals surface area contributed by atoms with Gasteiger partial charge < -0.3 is 15.2 Å². The number of rotatable bonds is 4. The Balaban J connectivity index is 2.11. The van der Waals surface area contributed by atoms with Gasteiger partial charge in [0.1, 0.15) is 0 Å². The van der Waals surface area contributed by atoms with Crippen molar-refractivity contribution in [1.82, 2.24) is 0 Å². The highest BCUT2D eigenvalue weighted by atomic mass is 16.7. The standard InChI is InChI=1S/C9H19NO2/c1-8(5-6-10)12-9-4-2-3-7-11-9/h8-9H,2-7,10H2,1H3/t8-,9?/m0/s1. The molecule has 72 valence electrons. The average molecular weight is 173 g/mol. The molecule has 0 bridgehead atoms. The van der Waals surface area contributed by atoms with E-state index in [1.807, 2.05) is 6.92 Å². The first-order valence-corrected chi connectivity index (χ1v) is 4.80. The summed E-state index contributed by atoms with van der Waals surface area (Å²) in [7, 11) is 0. The maximum Gasteiger partial charge on any atom is 0.157 e. The summed E-state index contributed by atoms with van der Waals surface area (Å²) >= 11 is 0. The van der Waals surface area contributed by atoms with Crippen LogP contribution in [0.25, 0.3) is 0 Å². The molecule has 1 aliphatic heterocycles. The lowest BCUT2D eigenvalue weighted by Crippen LogP contribution is -2.27. The second-order valence-electron chi connectivity index (χ2n) is 3.32. The summed E-state index contributed by atoms with van der Waals surface area (Å²) < 4.78 is 11.1. The molecule has 2 atom stereocenters. The smallest absolute Gasteiger partial charge is 0.157 e. The van der Waals surface area contributed by atoms with E-state index in [0.29, 0.717) is 6.54 Å². The molecule has 0 aromatic heterocycles. The predicted octanol–water partition coefficient (Wildman–Crippen LogP) is 1.27. The van der Waals surface area contributed by atoms with Crippen LogP contribution in [-0.4, -0.2) is 25.5 Å². The van der Waals surface area contributed by atoms with Crippen molar-refractivity contribution in [3.05, 3.63) is 0 Å². The third-order valence-electron chi connectivity index (χ3n) is 2.10. The first-order chi connectivity index (χ1) is 5.83. The van der Waals surface area contributed by atoms with Crippen LogP contribution in [-0.2, 0) is 9.47 Å². The molecule has 1 heterocycles. The Morgan fingerprint density at radius 2 is 2.42 bits per heavy atom. The molecule has 0 spiro atoms. The third kappa shape index (κ3) is 3.52. The molecule has 0 radical (unpaired) electrons. The van der Waals surface area contributed by atoms with Crippen molar-refractivity contribution in [3.8, 4) is 0 Å². The van der Waals surface area contributed by atoms with Crippen LogP contribution in [0.5, 0.6) is 0 Å². The first kappa shape index (κ1) is 9.96. The van der Waals surface area contributed by atoms with E-state index in [-0.39, 0.29) is 12.4 Å². The topological polar surface area (TPSA) is 44.5 Å². The largest absolute Gasteiger partial charge is 0.353 e. The lowest BCUT2D eigenvalue weighted by molar-refractivity contribution is -0.184. The number of ether oxygens (including phenoxy) is 2. The summed E-state index contributed by atoms with van der Waals surface area (Å²) in [6.45, 7) is 3.58. The zero-order valence-electron chi connectivity index (χ0n) is 7.79. The molecule has 2 N–H and O–H groups in total. The Kier molecular flexibility index (Phi) is 4.58. The maximum atomic E-state index is 5.63. The molecule has 0 aliphatic carbocycles. The highest BCUT2D eigenvalue weighted by molar-refractivity contribution is 4.57. The lowest BCUT2D eigenvalue weighted by Gasteiger charge is -2.25. The third-order valence-corrected chi connectivity index (χ3v) is 2.10. The van der Waals surface area contributed by atoms with E-state index in [1.165, 1.54) is 12.8 Å². The van der Waals surface area contributed by atoms with Gasteiger partial charge in [0.25, 0.3) is 0 Å². The van der Waals surface area contributed by atoms with Crippen molar-refractivity contribution in [2.75, 3.05) is 13.2 Å². The summed E-state index contributed by atoms with van der Waals surface area (Å²) in [5.41, 5.74) is 5.41. The number of hydrogen-bond donors (Lipinski definition) is 1. The minimum Gasteiger partial charge on any atom is -0.353 e. The van der Waals surface area contributed by atoms with E-state index < -0.39 is 0 Å². The van der Waals surface area contributed by atoms with Crippen LogP contribution in [0, 0.1) is 0 Å². The summed E-state index contributed by atoms with van der Waals surface area (Å²) in [6, 6.07) is 0. The molecule has 1 fully saturated rings. The van der Waals surface area contributed by atoms with E-state index in [2.05, 4.69) is 0 Å². The molecule has 1 aliphatic rings. The van der Waals surface area contributed by atoms with Crippen LogP contribution in [0.15, 0.2) is 0 Å². The zero-order chi connectivity index (χ0) is 8.81. The quantitative estimate of drug-likeness (QED) is 0.696. The van der Waals surface area contributed by atoms with E-state index in [4.69, 9.17) is 15.2 Å². The second-order valence-corrected chi connectivity index (χ2v) is 3.32. The van der Waals surface area contributed by atoms with Crippen LogP contribution >= 0.6 is 0 Å². The Labute approximate surface area is 74.2 Å². The highest BCUT2D eigenvalue weighted by Gasteiger charge is 2.16. The molecular formula is C9H19NO2. The summed E-state index contributed by atoms with van der Waals surface area (Å²) in [6.07, 6.45) is 4.61. The monoisotopic (exact) mass is 173 g/mol. The van der Waals surface area contributed by atoms with Gasteiger partial charge in [-0.2, -0.15) is 0 Å². The lowest BCUT2D eigenvalue weighted by atomic mass is 10.2. The predicted molar refractivity (Wildman–Crippen MR) is 47.8 cm³/mol. The first-order valence-electron chi connectivity index (χ1n) is 4.80. The molecule has 1 unspecified atom stereocenters. The van der Waals surface area contributed by atoms with Gasteiger partial charge in [-0.25, -0.2) is 0 Å². The molecule has 12 heavy (non-hydrogen) atoms. The Hall–Kier alpha value is -0.120. The van der Waals surface area contributed by atoms with Gasteiger partial charge in [0.05, 0.1) is 6.10 Å². The average Bonchev–Trinajstić information content (AvgIpc) is 2.06. The molecule has 0 aromatic rings. The van der Waals surface area contributed by atoms with Crippen molar-refractivity contribution in [3.63, 3.8) is 0 Å². The van der Waals surface area contributed by atoms with Gasteiger partial charge in [0.15, 0.2) is 6.29 Å². The minimum atomic E-state index is 0.0281. The van der Waals surface area contributed by atoms with Crippen LogP contribution in [0.4, 0.5) is 0 Å². The fourth-order valence-electron chi connectivity index (χ4n) is 1.38. The summed E-state index contributed by atoms with van der Waals surface area (Å²) in [5.74, 6) is 0. The van der Waals surface area contributed by atoms with E-state index in [0.717, 1.165) is 19.4 Å². The fraction of sp³-hybridized carbons (Fsp3) is 1.00. The van der Waals surface area contributed by atoms with Gasteiger partial charge >= 0.3 is 0 Å². The second kappa shape index (κ2) is 5.51. The molecule has 3 nitrogen and oxygen atoms in total. The van der Waals surface area contributed by atoms with Crippen molar-refractivity contribution in [2.45, 2.75) is 45.0 Å². The Bertz CT molecular complexity index is 113. The van der Waals surface area contributed by atoms with Crippen LogP contribution in [0.1, 0.15) is 32.6 Å². The van der Waals surface area contributed by atoms with Gasteiger partial charge in [-0.1, -0.05) is 0 Å². The number of hydrogen-bond acceptors (Lipinski definition) is 3. The van der Waals surface area contributed by atoms with E-state index in [9.17, 15) is 0 Å². The summed E-state index contributed by atoms with van der Waals surface area (Å²) in [5, 5.41) is 0. The van der Waals surface area contributed by atoms with Gasteiger partial charge in [-0.15, -0.1) is 0 Å². The molecule has 0 saturated carbocycles. The molecule has 1 saturated heterocycles. The SMILES string of the molecule is C[C@@H](CCN)OC1CCCCO1.